The second-order valence-electron chi connectivity index (χ2n) is 3.64. The smallest absolute Gasteiger partial charge is 0.237 e. The number of nitrogens with zero attached hydrogens (tertiary/aromatic N) is 4. The Bertz CT molecular complexity index is 669. The van der Waals surface area contributed by atoms with Gasteiger partial charge in [0, 0.05) is 0 Å². The zero-order valence-electron chi connectivity index (χ0n) is 10.1. The molecule has 0 atom stereocenters. The van der Waals surface area contributed by atoms with Crippen molar-refractivity contribution in [1.29, 1.82) is 10.5 Å². The van der Waals surface area contributed by atoms with Gasteiger partial charge in [-0.3, -0.25) is 5.43 Å². The molecule has 0 aliphatic rings. The Kier molecular flexibility index (Phi) is 3.87. The minimum Gasteiger partial charge on any atom is -0.277 e. The normalized spacial score (nSPS) is 9.21. The maximum atomic E-state index is 8.55. The lowest BCUT2D eigenvalue weighted by atomic mass is 10.1. The third-order valence-corrected chi connectivity index (χ3v) is 3.38. The fourth-order valence-electron chi connectivity index (χ4n) is 1.47. The number of thiazole rings is 1. The monoisotopic (exact) mass is 267 g/mol. The Morgan fingerprint density at radius 3 is 2.47 bits per heavy atom. The van der Waals surface area contributed by atoms with E-state index in [1.807, 2.05) is 36.7 Å². The lowest BCUT2D eigenvalue weighted by Crippen LogP contribution is -1.96. The molecule has 6 heteroatoms. The van der Waals surface area contributed by atoms with Crippen LogP contribution in [0.15, 0.2) is 34.9 Å². The lowest BCUT2D eigenvalue weighted by Gasteiger charge is -2.02. The predicted octanol–water partition coefficient (Wildman–Crippen LogP) is 2.93. The first-order chi connectivity index (χ1) is 9.24. The third kappa shape index (κ3) is 2.95. The molecule has 0 saturated heterocycles. The van der Waals surface area contributed by atoms with Crippen molar-refractivity contribution in [2.45, 2.75) is 6.92 Å². The molecule has 1 aromatic heterocycles. The Hall–Kier alpha value is -2.70. The summed E-state index contributed by atoms with van der Waals surface area (Å²) in [7, 11) is 0. The topological polar surface area (TPSA) is 84.9 Å². The summed E-state index contributed by atoms with van der Waals surface area (Å²) < 4.78 is 0. The molecule has 92 valence electrons. The van der Waals surface area contributed by atoms with Crippen LogP contribution in [0.2, 0.25) is 0 Å². The summed E-state index contributed by atoms with van der Waals surface area (Å²) in [5.74, 6) is 0. The van der Waals surface area contributed by atoms with E-state index in [1.165, 1.54) is 0 Å². The number of anilines is 1. The minimum atomic E-state index is -0.206. The Morgan fingerprint density at radius 1 is 1.26 bits per heavy atom. The summed E-state index contributed by atoms with van der Waals surface area (Å²) >= 11 is 1.59. The van der Waals surface area contributed by atoms with Crippen molar-refractivity contribution in [3.8, 4) is 22.6 Å². The van der Waals surface area contributed by atoms with Crippen LogP contribution >= 0.6 is 11.3 Å². The summed E-state index contributed by atoms with van der Waals surface area (Å²) in [4.78, 5) is 5.34. The zero-order valence-corrected chi connectivity index (χ0v) is 10.9. The van der Waals surface area contributed by atoms with Crippen molar-refractivity contribution in [1.82, 2.24) is 4.98 Å². The second-order valence-corrected chi connectivity index (χ2v) is 4.49. The Labute approximate surface area is 114 Å². The summed E-state index contributed by atoms with van der Waals surface area (Å²) in [6, 6.07) is 10.9. The van der Waals surface area contributed by atoms with E-state index in [4.69, 9.17) is 10.5 Å². The minimum absolute atomic E-state index is 0.206. The van der Waals surface area contributed by atoms with Gasteiger partial charge >= 0.3 is 0 Å². The quantitative estimate of drug-likeness (QED) is 0.684. The number of benzene rings is 1. The van der Waals surface area contributed by atoms with Crippen LogP contribution in [0.25, 0.3) is 10.4 Å². The van der Waals surface area contributed by atoms with Crippen LogP contribution in [-0.2, 0) is 0 Å². The molecule has 1 aromatic carbocycles. The number of nitrogens with one attached hydrogen (secondary N) is 1. The summed E-state index contributed by atoms with van der Waals surface area (Å²) in [6.45, 7) is 1.97. The number of hydrogen-bond donors (Lipinski definition) is 1. The van der Waals surface area contributed by atoms with Crippen LogP contribution in [0.3, 0.4) is 0 Å². The fraction of sp³-hybridized carbons (Fsp3) is 0.0769. The highest BCUT2D eigenvalue weighted by atomic mass is 32.1. The van der Waals surface area contributed by atoms with Gasteiger partial charge in [0.05, 0.1) is 21.8 Å². The first-order valence-corrected chi connectivity index (χ1v) is 6.27. The van der Waals surface area contributed by atoms with E-state index < -0.39 is 0 Å². The zero-order chi connectivity index (χ0) is 13.7. The molecule has 1 heterocycles. The molecule has 2 aromatic rings. The molecule has 0 spiro atoms. The number of hydrazone groups is 1. The van der Waals surface area contributed by atoms with Gasteiger partial charge in [0.25, 0.3) is 0 Å². The molecule has 1 N–H and O–H groups in total. The van der Waals surface area contributed by atoms with Gasteiger partial charge in [0.15, 0.2) is 0 Å². The molecule has 19 heavy (non-hydrogen) atoms. The highest BCUT2D eigenvalue weighted by molar-refractivity contribution is 7.13. The molecule has 0 saturated carbocycles. The molecule has 0 bridgehead atoms. The first kappa shape index (κ1) is 12.7. The largest absolute Gasteiger partial charge is 0.277 e. The van der Waals surface area contributed by atoms with Gasteiger partial charge in [-0.05, 0) is 24.6 Å². The van der Waals surface area contributed by atoms with Crippen LogP contribution in [-0.4, -0.2) is 10.7 Å². The molecule has 0 radical (unpaired) electrons. The molecule has 0 fully saturated rings. The maximum absolute atomic E-state index is 8.55. The molecule has 0 aliphatic carbocycles. The van der Waals surface area contributed by atoms with Crippen molar-refractivity contribution in [3.05, 3.63) is 35.5 Å². The molecule has 0 unspecified atom stereocenters. The summed E-state index contributed by atoms with van der Waals surface area (Å²) in [5.41, 5.74) is 7.07. The third-order valence-electron chi connectivity index (χ3n) is 2.40. The number of aryl methyl sites for hydroxylation is 1. The van der Waals surface area contributed by atoms with Gasteiger partial charge in [0.1, 0.15) is 12.1 Å². The second kappa shape index (κ2) is 5.76. The number of nitriles is 2. The predicted molar refractivity (Wildman–Crippen MR) is 74.6 cm³/mol. The van der Waals surface area contributed by atoms with Gasteiger partial charge in [-0.2, -0.15) is 15.6 Å². The highest BCUT2D eigenvalue weighted by Crippen LogP contribution is 2.27. The van der Waals surface area contributed by atoms with E-state index in [0.29, 0.717) is 5.69 Å². The van der Waals surface area contributed by atoms with E-state index >= 15 is 0 Å². The summed E-state index contributed by atoms with van der Waals surface area (Å²) in [5, 5.41) is 20.8. The fourth-order valence-corrected chi connectivity index (χ4v) is 2.28. The van der Waals surface area contributed by atoms with Crippen LogP contribution in [0.1, 0.15) is 5.69 Å². The van der Waals surface area contributed by atoms with E-state index in [1.54, 1.807) is 23.5 Å². The molecular formula is C13H9N5S. The number of hydrogen-bond acceptors (Lipinski definition) is 6. The van der Waals surface area contributed by atoms with Crippen molar-refractivity contribution < 1.29 is 0 Å². The standard InChI is InChI=1S/C13H9N5S/c1-9-13(19-8-16-9)10-2-4-11(5-3-10)17-18-12(6-14)7-15/h2-5,8,17H,1H3. The molecular weight excluding hydrogens is 258 g/mol. The van der Waals surface area contributed by atoms with Crippen molar-refractivity contribution in [2.24, 2.45) is 5.10 Å². The average molecular weight is 267 g/mol. The van der Waals surface area contributed by atoms with Gasteiger partial charge in [0.2, 0.25) is 5.71 Å². The molecule has 5 nitrogen and oxygen atoms in total. The van der Waals surface area contributed by atoms with E-state index in [2.05, 4.69) is 15.5 Å². The van der Waals surface area contributed by atoms with Crippen molar-refractivity contribution in [2.75, 3.05) is 5.43 Å². The first-order valence-electron chi connectivity index (χ1n) is 5.39. The van der Waals surface area contributed by atoms with E-state index in [9.17, 15) is 0 Å². The average Bonchev–Trinajstić information content (AvgIpc) is 2.87. The Morgan fingerprint density at radius 2 is 1.95 bits per heavy atom. The van der Waals surface area contributed by atoms with Crippen LogP contribution < -0.4 is 5.43 Å². The molecule has 0 aliphatic heterocycles. The highest BCUT2D eigenvalue weighted by Gasteiger charge is 2.04. The number of rotatable bonds is 3. The lowest BCUT2D eigenvalue weighted by molar-refractivity contribution is 1.27. The van der Waals surface area contributed by atoms with Crippen LogP contribution in [0.4, 0.5) is 5.69 Å². The van der Waals surface area contributed by atoms with Gasteiger partial charge in [-0.25, -0.2) is 4.98 Å². The van der Waals surface area contributed by atoms with Crippen molar-refractivity contribution in [3.63, 3.8) is 0 Å². The van der Waals surface area contributed by atoms with Crippen molar-refractivity contribution >= 4 is 22.7 Å². The van der Waals surface area contributed by atoms with Crippen LogP contribution in [0, 0.1) is 29.6 Å². The Balaban J connectivity index is 2.17. The van der Waals surface area contributed by atoms with Gasteiger partial charge < -0.3 is 0 Å². The van der Waals surface area contributed by atoms with Gasteiger partial charge in [-0.1, -0.05) is 12.1 Å². The maximum Gasteiger partial charge on any atom is 0.237 e. The molecule has 2 rings (SSSR count). The van der Waals surface area contributed by atoms with E-state index in [0.717, 1.165) is 16.1 Å². The van der Waals surface area contributed by atoms with Crippen LogP contribution in [0.5, 0.6) is 0 Å². The molecule has 0 amide bonds. The number of aromatic nitrogens is 1. The SMILES string of the molecule is Cc1ncsc1-c1ccc(NN=C(C#N)C#N)cc1. The van der Waals surface area contributed by atoms with Gasteiger partial charge in [-0.15, -0.1) is 11.3 Å². The van der Waals surface area contributed by atoms with E-state index in [-0.39, 0.29) is 5.71 Å². The summed E-state index contributed by atoms with van der Waals surface area (Å²) in [6.07, 6.45) is 0.